The molecule has 1 aromatic rings. The van der Waals surface area contributed by atoms with Gasteiger partial charge in [-0.05, 0) is 41.9 Å². The van der Waals surface area contributed by atoms with Crippen LogP contribution >= 0.6 is 0 Å². The molecule has 1 heterocycles. The van der Waals surface area contributed by atoms with E-state index in [0.29, 0.717) is 13.2 Å². The monoisotopic (exact) mass is 370 g/mol. The van der Waals surface area contributed by atoms with Crippen LogP contribution in [0.3, 0.4) is 0 Å². The molecule has 0 bridgehead atoms. The van der Waals surface area contributed by atoms with E-state index in [-0.39, 0.29) is 22.8 Å². The summed E-state index contributed by atoms with van der Waals surface area (Å²) < 4.78 is 18.1. The van der Waals surface area contributed by atoms with Crippen LogP contribution in [0.15, 0.2) is 29.8 Å². The summed E-state index contributed by atoms with van der Waals surface area (Å²) in [5, 5.41) is 17.8. The van der Waals surface area contributed by atoms with Crippen LogP contribution in [0.1, 0.15) is 26.3 Å². The molecule has 2 atom stereocenters. The molecule has 5 nitrogen and oxygen atoms in total. The maximum Gasteiger partial charge on any atom is 0.192 e. The van der Waals surface area contributed by atoms with Crippen LogP contribution in [0.25, 0.3) is 6.08 Å². The largest absolute Gasteiger partial charge is 0.485 e. The Morgan fingerprint density at radius 3 is 2.23 bits per heavy atom. The first-order valence-electron chi connectivity index (χ1n) is 8.70. The Bertz CT molecular complexity index is 720. The van der Waals surface area contributed by atoms with E-state index in [1.807, 2.05) is 36.4 Å². The first-order chi connectivity index (χ1) is 12.2. The highest BCUT2D eigenvalue weighted by Crippen LogP contribution is 2.38. The highest BCUT2D eigenvalue weighted by molar-refractivity contribution is 6.74. The molecule has 26 heavy (non-hydrogen) atoms. The Labute approximate surface area is 156 Å². The average molecular weight is 371 g/mol. The van der Waals surface area contributed by atoms with Crippen molar-refractivity contribution in [3.63, 3.8) is 0 Å². The lowest BCUT2D eigenvalue weighted by Crippen LogP contribution is -2.47. The Hall–Kier alpha value is -2.12. The summed E-state index contributed by atoms with van der Waals surface area (Å²) in [4.78, 5) is 0. The summed E-state index contributed by atoms with van der Waals surface area (Å²) in [5.74, 6) is 0.719. The molecule has 1 aliphatic heterocycles. The topological polar surface area (TPSA) is 75.3 Å². The van der Waals surface area contributed by atoms with E-state index < -0.39 is 8.32 Å². The molecule has 0 aliphatic carbocycles. The second-order valence-corrected chi connectivity index (χ2v) is 12.7. The average Bonchev–Trinajstić information content (AvgIpc) is 2.99. The van der Waals surface area contributed by atoms with E-state index in [9.17, 15) is 0 Å². The highest BCUT2D eigenvalue weighted by atomic mass is 28.4. The summed E-state index contributed by atoms with van der Waals surface area (Å²) in [6.45, 7) is 12.2. The van der Waals surface area contributed by atoms with Gasteiger partial charge < -0.3 is 13.9 Å². The minimum atomic E-state index is -1.89. The van der Waals surface area contributed by atoms with Gasteiger partial charge in [-0.15, -0.1) is 0 Å². The van der Waals surface area contributed by atoms with E-state index in [1.165, 1.54) is 0 Å². The Morgan fingerprint density at radius 2 is 1.69 bits per heavy atom. The second-order valence-electron chi connectivity index (χ2n) is 7.96. The first kappa shape index (κ1) is 20.2. The molecule has 6 heteroatoms. The van der Waals surface area contributed by atoms with Crippen molar-refractivity contribution in [2.24, 2.45) is 0 Å². The van der Waals surface area contributed by atoms with Gasteiger partial charge in [0.05, 0.1) is 13.2 Å². The van der Waals surface area contributed by atoms with E-state index >= 15 is 0 Å². The predicted octanol–water partition coefficient (Wildman–Crippen LogP) is 4.29. The van der Waals surface area contributed by atoms with Gasteiger partial charge in [0.1, 0.15) is 35.7 Å². The van der Waals surface area contributed by atoms with Crippen molar-refractivity contribution in [2.75, 3.05) is 13.2 Å². The number of hydrogen-bond donors (Lipinski definition) is 0. The molecule has 0 amide bonds. The zero-order chi connectivity index (χ0) is 19.4. The van der Waals surface area contributed by atoms with Crippen molar-refractivity contribution in [1.82, 2.24) is 0 Å². The van der Waals surface area contributed by atoms with Crippen LogP contribution in [0.2, 0.25) is 18.1 Å². The van der Waals surface area contributed by atoms with E-state index in [4.69, 9.17) is 24.4 Å². The molecule has 0 aromatic heterocycles. The van der Waals surface area contributed by atoms with Gasteiger partial charge in [-0.1, -0.05) is 32.9 Å². The summed E-state index contributed by atoms with van der Waals surface area (Å²) in [7, 11) is -1.89. The van der Waals surface area contributed by atoms with Gasteiger partial charge in [-0.2, -0.15) is 10.5 Å². The summed E-state index contributed by atoms with van der Waals surface area (Å²) >= 11 is 0. The molecule has 1 aliphatic rings. The number of rotatable bonds is 5. The van der Waals surface area contributed by atoms with Gasteiger partial charge in [0, 0.05) is 0 Å². The number of benzene rings is 1. The number of ether oxygens (including phenoxy) is 2. The van der Waals surface area contributed by atoms with Crippen molar-refractivity contribution in [3.8, 4) is 17.9 Å². The van der Waals surface area contributed by atoms with Crippen molar-refractivity contribution in [1.29, 1.82) is 10.5 Å². The molecule has 1 fully saturated rings. The van der Waals surface area contributed by atoms with Crippen molar-refractivity contribution >= 4 is 14.4 Å². The van der Waals surface area contributed by atoms with Gasteiger partial charge in [-0.25, -0.2) is 0 Å². The molecule has 0 N–H and O–H groups in total. The van der Waals surface area contributed by atoms with Gasteiger partial charge >= 0.3 is 0 Å². The minimum absolute atomic E-state index is 0.0701. The maximum absolute atomic E-state index is 8.82. The van der Waals surface area contributed by atoms with E-state index in [0.717, 1.165) is 11.3 Å². The zero-order valence-corrected chi connectivity index (χ0v) is 17.1. The Kier molecular flexibility index (Phi) is 6.25. The fourth-order valence-corrected chi connectivity index (χ4v) is 3.69. The lowest BCUT2D eigenvalue weighted by Gasteiger charge is -2.39. The van der Waals surface area contributed by atoms with Gasteiger partial charge in [-0.3, -0.25) is 0 Å². The number of nitriles is 2. The molecular weight excluding hydrogens is 344 g/mol. The van der Waals surface area contributed by atoms with Gasteiger partial charge in [0.25, 0.3) is 0 Å². The number of nitrogens with zero attached hydrogens (tertiary/aromatic N) is 2. The van der Waals surface area contributed by atoms with Crippen molar-refractivity contribution in [2.45, 2.75) is 51.1 Å². The highest BCUT2D eigenvalue weighted by Gasteiger charge is 2.43. The number of hydrogen-bond acceptors (Lipinski definition) is 5. The van der Waals surface area contributed by atoms with Crippen molar-refractivity contribution < 1.29 is 13.9 Å². The fraction of sp³-hybridized carbons (Fsp3) is 0.500. The third kappa shape index (κ3) is 4.95. The van der Waals surface area contributed by atoms with Gasteiger partial charge in [0.2, 0.25) is 0 Å². The first-order valence-corrected chi connectivity index (χ1v) is 11.6. The molecule has 1 saturated heterocycles. The third-order valence-electron chi connectivity index (χ3n) is 4.95. The fourth-order valence-electron chi connectivity index (χ4n) is 2.36. The molecule has 0 radical (unpaired) electrons. The Morgan fingerprint density at radius 1 is 1.12 bits per heavy atom. The molecule has 1 aromatic carbocycles. The van der Waals surface area contributed by atoms with Gasteiger partial charge in [0.15, 0.2) is 8.32 Å². The lowest BCUT2D eigenvalue weighted by atomic mass is 10.1. The minimum Gasteiger partial charge on any atom is -0.485 e. The smallest absolute Gasteiger partial charge is 0.192 e. The van der Waals surface area contributed by atoms with Crippen LogP contribution in [-0.2, 0) is 9.16 Å². The number of allylic oxidation sites excluding steroid dienone is 1. The third-order valence-corrected chi connectivity index (χ3v) is 9.45. The summed E-state index contributed by atoms with van der Waals surface area (Å²) in [6.07, 6.45) is 1.34. The molecular formula is C20H26N2O3Si. The van der Waals surface area contributed by atoms with Crippen LogP contribution in [0.5, 0.6) is 5.75 Å². The summed E-state index contributed by atoms with van der Waals surface area (Å²) in [6, 6.07) is 11.0. The van der Waals surface area contributed by atoms with E-state index in [1.54, 1.807) is 6.08 Å². The second kappa shape index (κ2) is 8.05. The Balaban J connectivity index is 2.05. The van der Waals surface area contributed by atoms with E-state index in [2.05, 4.69) is 33.9 Å². The lowest BCUT2D eigenvalue weighted by molar-refractivity contribution is 0.0807. The predicted molar refractivity (Wildman–Crippen MR) is 103 cm³/mol. The molecule has 0 spiro atoms. The van der Waals surface area contributed by atoms with Crippen LogP contribution in [0, 0.1) is 22.7 Å². The standard InChI is InChI=1S/C20H26N2O3Si/c1-20(2,3)26(4,5)25-19-14-23-13-18(19)24-17-8-6-15(7-9-17)10-16(11-21)12-22/h6-10,18-19H,13-14H2,1-5H3/t18-,19-/m1/s1. The zero-order valence-electron chi connectivity index (χ0n) is 16.1. The summed E-state index contributed by atoms with van der Waals surface area (Å²) in [5.41, 5.74) is 0.859. The van der Waals surface area contributed by atoms with Crippen LogP contribution in [0.4, 0.5) is 0 Å². The maximum atomic E-state index is 8.82. The van der Waals surface area contributed by atoms with Crippen molar-refractivity contribution in [3.05, 3.63) is 35.4 Å². The SMILES string of the molecule is CC(C)(C)[Si](C)(C)O[C@@H]1COC[C@H]1Oc1ccc(C=C(C#N)C#N)cc1. The van der Waals surface area contributed by atoms with Crippen LogP contribution < -0.4 is 4.74 Å². The molecule has 2 rings (SSSR count). The quantitative estimate of drug-likeness (QED) is 0.571. The molecule has 0 unspecified atom stereocenters. The van der Waals surface area contributed by atoms with Crippen LogP contribution in [-0.4, -0.2) is 33.7 Å². The normalized spacial score (nSPS) is 20.1. The molecule has 138 valence electrons. The molecule has 0 saturated carbocycles.